The number of carbonyl (C=O) groups is 1. The normalized spacial score (nSPS) is 18.9. The van der Waals surface area contributed by atoms with Gasteiger partial charge < -0.3 is 24.4 Å². The number of amides is 1. The fourth-order valence-electron chi connectivity index (χ4n) is 3.69. The maximum Gasteiger partial charge on any atom is 0.234 e. The van der Waals surface area contributed by atoms with Crippen LogP contribution in [0.3, 0.4) is 0 Å². The predicted molar refractivity (Wildman–Crippen MR) is 111 cm³/mol. The number of benzene rings is 2. The highest BCUT2D eigenvalue weighted by Crippen LogP contribution is 2.30. The molecule has 1 fully saturated rings. The minimum absolute atomic E-state index is 0.0122. The third-order valence-electron chi connectivity index (χ3n) is 5.26. The van der Waals surface area contributed by atoms with Gasteiger partial charge in [-0.1, -0.05) is 24.3 Å². The van der Waals surface area contributed by atoms with E-state index >= 15 is 0 Å². The summed E-state index contributed by atoms with van der Waals surface area (Å²) < 4.78 is 17.0. The number of ether oxygens (including phenoxy) is 3. The molecule has 7 heteroatoms. The first-order valence-electron chi connectivity index (χ1n) is 9.98. The van der Waals surface area contributed by atoms with E-state index in [9.17, 15) is 4.79 Å². The van der Waals surface area contributed by atoms with Crippen molar-refractivity contribution >= 4 is 11.6 Å². The summed E-state index contributed by atoms with van der Waals surface area (Å²) >= 11 is 0. The average molecular weight is 397 g/mol. The molecule has 4 rings (SSSR count). The van der Waals surface area contributed by atoms with E-state index in [0.29, 0.717) is 19.7 Å². The van der Waals surface area contributed by atoms with E-state index in [1.54, 1.807) is 7.11 Å². The van der Waals surface area contributed by atoms with Crippen LogP contribution >= 0.6 is 0 Å². The Bertz CT molecular complexity index is 836. The van der Waals surface area contributed by atoms with Crippen molar-refractivity contribution in [2.75, 3.05) is 57.9 Å². The van der Waals surface area contributed by atoms with Gasteiger partial charge in [0, 0.05) is 26.2 Å². The molecule has 2 aliphatic heterocycles. The van der Waals surface area contributed by atoms with Crippen molar-refractivity contribution in [2.45, 2.75) is 6.10 Å². The molecule has 0 bridgehead atoms. The fourth-order valence-corrected chi connectivity index (χ4v) is 3.69. The van der Waals surface area contributed by atoms with Gasteiger partial charge in [0.1, 0.15) is 18.5 Å². The zero-order valence-electron chi connectivity index (χ0n) is 16.7. The molecule has 0 spiro atoms. The molecule has 1 N–H and O–H groups in total. The second-order valence-electron chi connectivity index (χ2n) is 7.24. The van der Waals surface area contributed by atoms with Crippen LogP contribution in [0.25, 0.3) is 0 Å². The van der Waals surface area contributed by atoms with Gasteiger partial charge in [0.15, 0.2) is 11.5 Å². The summed E-state index contributed by atoms with van der Waals surface area (Å²) in [7, 11) is 1.69. The lowest BCUT2D eigenvalue weighted by Crippen LogP contribution is -2.50. The van der Waals surface area contributed by atoms with Crippen molar-refractivity contribution < 1.29 is 19.0 Å². The maximum absolute atomic E-state index is 12.4. The quantitative estimate of drug-likeness (QED) is 0.802. The molecule has 0 aliphatic carbocycles. The number of fused-ring (bicyclic) bond motifs is 1. The van der Waals surface area contributed by atoms with Gasteiger partial charge in [-0.3, -0.25) is 9.69 Å². The molecule has 2 aliphatic rings. The van der Waals surface area contributed by atoms with Crippen molar-refractivity contribution in [1.29, 1.82) is 0 Å². The number of hydrogen-bond acceptors (Lipinski definition) is 6. The molecule has 2 heterocycles. The van der Waals surface area contributed by atoms with Gasteiger partial charge in [-0.25, -0.2) is 0 Å². The van der Waals surface area contributed by atoms with Crippen molar-refractivity contribution in [3.8, 4) is 17.2 Å². The monoisotopic (exact) mass is 397 g/mol. The van der Waals surface area contributed by atoms with E-state index in [4.69, 9.17) is 14.2 Å². The number of nitrogens with zero attached hydrogens (tertiary/aromatic N) is 2. The Balaban J connectivity index is 1.20. The third kappa shape index (κ3) is 4.74. The first-order chi connectivity index (χ1) is 14.2. The van der Waals surface area contributed by atoms with Gasteiger partial charge >= 0.3 is 0 Å². The molecular formula is C22H27N3O4. The van der Waals surface area contributed by atoms with Crippen LogP contribution in [0.15, 0.2) is 48.5 Å². The van der Waals surface area contributed by atoms with E-state index < -0.39 is 0 Å². The Morgan fingerprint density at radius 1 is 1.07 bits per heavy atom. The largest absolute Gasteiger partial charge is 0.495 e. The predicted octanol–water partition coefficient (Wildman–Crippen LogP) is 1.77. The number of hydrogen-bond donors (Lipinski definition) is 1. The lowest BCUT2D eigenvalue weighted by molar-refractivity contribution is -0.122. The molecular weight excluding hydrogens is 370 g/mol. The zero-order valence-corrected chi connectivity index (χ0v) is 16.7. The standard InChI is InChI=1S/C22H27N3O4/c1-27-19-7-3-2-6-18(19)25-12-10-24(11-13-25)15-22(26)23-14-17-16-28-20-8-4-5-9-21(20)29-17/h2-9,17H,10-16H2,1H3,(H,23,26)/t17-/m0/s1. The first-order valence-corrected chi connectivity index (χ1v) is 9.98. The van der Waals surface area contributed by atoms with Gasteiger partial charge in [-0.2, -0.15) is 0 Å². The van der Waals surface area contributed by atoms with Crippen molar-refractivity contribution in [1.82, 2.24) is 10.2 Å². The molecule has 0 radical (unpaired) electrons. The SMILES string of the molecule is COc1ccccc1N1CCN(CC(=O)NC[C@H]2COc3ccccc3O2)CC1. The molecule has 29 heavy (non-hydrogen) atoms. The van der Waals surface area contributed by atoms with Crippen LogP contribution in [0.4, 0.5) is 5.69 Å². The molecule has 0 unspecified atom stereocenters. The van der Waals surface area contributed by atoms with E-state index in [-0.39, 0.29) is 12.0 Å². The maximum atomic E-state index is 12.4. The Morgan fingerprint density at radius 2 is 1.79 bits per heavy atom. The van der Waals surface area contributed by atoms with Gasteiger partial charge in [-0.15, -0.1) is 0 Å². The van der Waals surface area contributed by atoms with Crippen molar-refractivity contribution in [3.05, 3.63) is 48.5 Å². The summed E-state index contributed by atoms with van der Waals surface area (Å²) in [6.07, 6.45) is -0.170. The summed E-state index contributed by atoms with van der Waals surface area (Å²) in [5, 5.41) is 2.97. The minimum atomic E-state index is -0.170. The fraction of sp³-hybridized carbons (Fsp3) is 0.409. The molecule has 1 saturated heterocycles. The number of carbonyl (C=O) groups excluding carboxylic acids is 1. The van der Waals surface area contributed by atoms with E-state index in [1.165, 1.54) is 0 Å². The lowest BCUT2D eigenvalue weighted by Gasteiger charge is -2.36. The average Bonchev–Trinajstić information content (AvgIpc) is 2.78. The number of nitrogens with one attached hydrogen (secondary N) is 1. The Hall–Kier alpha value is -2.93. The molecule has 154 valence electrons. The van der Waals surface area contributed by atoms with Crippen molar-refractivity contribution in [2.24, 2.45) is 0 Å². The highest BCUT2D eigenvalue weighted by atomic mass is 16.6. The number of rotatable bonds is 6. The van der Waals surface area contributed by atoms with Crippen LogP contribution in [0.2, 0.25) is 0 Å². The van der Waals surface area contributed by atoms with Crippen LogP contribution in [0.1, 0.15) is 0 Å². The summed E-state index contributed by atoms with van der Waals surface area (Å²) in [6, 6.07) is 15.6. The topological polar surface area (TPSA) is 63.3 Å². The van der Waals surface area contributed by atoms with Crippen LogP contribution in [-0.4, -0.2) is 69.9 Å². The highest BCUT2D eigenvalue weighted by Gasteiger charge is 2.23. The molecule has 1 atom stereocenters. The van der Waals surface area contributed by atoms with Gasteiger partial charge in [-0.05, 0) is 24.3 Å². The summed E-state index contributed by atoms with van der Waals surface area (Å²) in [5.74, 6) is 2.38. The van der Waals surface area contributed by atoms with Crippen LogP contribution in [0.5, 0.6) is 17.2 Å². The molecule has 1 amide bonds. The molecule has 7 nitrogen and oxygen atoms in total. The van der Waals surface area contributed by atoms with Crippen LogP contribution < -0.4 is 24.4 Å². The van der Waals surface area contributed by atoms with E-state index in [2.05, 4.69) is 21.2 Å². The number of piperazine rings is 1. The highest BCUT2D eigenvalue weighted by molar-refractivity contribution is 5.78. The molecule has 2 aromatic rings. The summed E-state index contributed by atoms with van der Waals surface area (Å²) in [4.78, 5) is 16.8. The molecule has 0 aromatic heterocycles. The van der Waals surface area contributed by atoms with E-state index in [1.807, 2.05) is 42.5 Å². The van der Waals surface area contributed by atoms with Crippen molar-refractivity contribution in [3.63, 3.8) is 0 Å². The third-order valence-corrected chi connectivity index (χ3v) is 5.26. The number of methoxy groups -OCH3 is 1. The number of anilines is 1. The summed E-state index contributed by atoms with van der Waals surface area (Å²) in [5.41, 5.74) is 1.11. The molecule has 2 aromatic carbocycles. The minimum Gasteiger partial charge on any atom is -0.495 e. The lowest BCUT2D eigenvalue weighted by atomic mass is 10.2. The Morgan fingerprint density at radius 3 is 2.59 bits per heavy atom. The molecule has 0 saturated carbocycles. The summed E-state index contributed by atoms with van der Waals surface area (Å²) in [6.45, 7) is 4.67. The van der Waals surface area contributed by atoms with E-state index in [0.717, 1.165) is 49.1 Å². The van der Waals surface area contributed by atoms with Crippen LogP contribution in [-0.2, 0) is 4.79 Å². The van der Waals surface area contributed by atoms with Crippen LogP contribution in [0, 0.1) is 0 Å². The Kier molecular flexibility index (Phi) is 6.05. The zero-order chi connectivity index (χ0) is 20.1. The second-order valence-corrected chi connectivity index (χ2v) is 7.24. The smallest absolute Gasteiger partial charge is 0.234 e. The first kappa shape index (κ1) is 19.4. The van der Waals surface area contributed by atoms with Gasteiger partial charge in [0.2, 0.25) is 5.91 Å². The van der Waals surface area contributed by atoms with Gasteiger partial charge in [0.25, 0.3) is 0 Å². The second kappa shape index (κ2) is 9.05. The Labute approximate surface area is 171 Å². The van der Waals surface area contributed by atoms with Gasteiger partial charge in [0.05, 0.1) is 25.9 Å². The number of para-hydroxylation sites is 4.